The van der Waals surface area contributed by atoms with E-state index in [-0.39, 0.29) is 6.42 Å². The van der Waals surface area contributed by atoms with Crippen molar-refractivity contribution in [2.75, 3.05) is 0 Å². The average Bonchev–Trinajstić information content (AvgIpc) is 2.49. The van der Waals surface area contributed by atoms with Crippen LogP contribution in [-0.2, 0) is 11.2 Å². The molecule has 0 radical (unpaired) electrons. The molecule has 0 unspecified atom stereocenters. The van der Waals surface area contributed by atoms with Gasteiger partial charge in [-0.2, -0.15) is 0 Å². The highest BCUT2D eigenvalue weighted by Gasteiger charge is 2.01. The van der Waals surface area contributed by atoms with E-state index in [1.807, 2.05) is 51.1 Å². The summed E-state index contributed by atoms with van der Waals surface area (Å²) in [6.45, 7) is 5.90. The van der Waals surface area contributed by atoms with E-state index in [2.05, 4.69) is 4.98 Å². The number of aryl methyl sites for hydroxylation is 2. The van der Waals surface area contributed by atoms with Gasteiger partial charge in [-0.25, -0.2) is 0 Å². The molecular formula is C17H21NO3. The maximum atomic E-state index is 10.5. The first-order valence-electron chi connectivity index (χ1n) is 7.05. The summed E-state index contributed by atoms with van der Waals surface area (Å²) in [6, 6.07) is 11.1. The molecule has 0 amide bonds. The number of carboxylic acids is 1. The van der Waals surface area contributed by atoms with Gasteiger partial charge >= 0.3 is 5.97 Å². The molecule has 1 heterocycles. The molecule has 0 aliphatic heterocycles. The lowest BCUT2D eigenvalue weighted by molar-refractivity contribution is -0.136. The van der Waals surface area contributed by atoms with E-state index in [1.165, 1.54) is 0 Å². The van der Waals surface area contributed by atoms with E-state index < -0.39 is 5.97 Å². The van der Waals surface area contributed by atoms with Gasteiger partial charge in [-0.15, -0.1) is 0 Å². The normalized spacial score (nSPS) is 9.48. The summed E-state index contributed by atoms with van der Waals surface area (Å²) in [5.74, 6) is 0.683. The number of nitrogens with zero attached hydrogens (tertiary/aromatic N) is 1. The maximum Gasteiger partial charge on any atom is 0.303 e. The molecule has 0 fully saturated rings. The molecule has 2 aromatic rings. The summed E-state index contributed by atoms with van der Waals surface area (Å²) in [7, 11) is 0. The second-order valence-electron chi connectivity index (χ2n) is 4.27. The molecule has 112 valence electrons. The number of ether oxygens (including phenoxy) is 1. The molecule has 0 aliphatic carbocycles. The van der Waals surface area contributed by atoms with Gasteiger partial charge in [0.15, 0.2) is 0 Å². The van der Waals surface area contributed by atoms with Crippen LogP contribution in [0, 0.1) is 6.92 Å². The topological polar surface area (TPSA) is 59.4 Å². The zero-order valence-corrected chi connectivity index (χ0v) is 12.7. The second kappa shape index (κ2) is 8.74. The summed E-state index contributed by atoms with van der Waals surface area (Å²) in [4.78, 5) is 14.6. The summed E-state index contributed by atoms with van der Waals surface area (Å²) in [6.07, 6.45) is 2.37. The minimum atomic E-state index is -0.785. The highest BCUT2D eigenvalue weighted by atomic mass is 16.5. The zero-order valence-electron chi connectivity index (χ0n) is 12.7. The first kappa shape index (κ1) is 16.7. The molecule has 4 heteroatoms. The van der Waals surface area contributed by atoms with Crippen molar-refractivity contribution in [2.45, 2.75) is 33.6 Å². The van der Waals surface area contributed by atoms with Gasteiger partial charge in [0, 0.05) is 24.4 Å². The molecule has 4 nitrogen and oxygen atoms in total. The van der Waals surface area contributed by atoms with Crippen molar-refractivity contribution in [1.82, 2.24) is 4.98 Å². The molecular weight excluding hydrogens is 266 g/mol. The Balaban J connectivity index is 0.00000106. The number of carbonyl (C=O) groups is 1. The minimum Gasteiger partial charge on any atom is -0.481 e. The molecule has 0 atom stereocenters. The fraction of sp³-hybridized carbons (Fsp3) is 0.294. The molecule has 2 rings (SSSR count). The van der Waals surface area contributed by atoms with E-state index in [0.717, 1.165) is 22.8 Å². The third-order valence-corrected chi connectivity index (χ3v) is 2.65. The van der Waals surface area contributed by atoms with Crippen molar-refractivity contribution in [3.05, 3.63) is 53.9 Å². The summed E-state index contributed by atoms with van der Waals surface area (Å²) in [5, 5.41) is 8.62. The van der Waals surface area contributed by atoms with Gasteiger partial charge in [0.05, 0.1) is 0 Å². The van der Waals surface area contributed by atoms with E-state index in [4.69, 9.17) is 9.84 Å². The standard InChI is InChI=1S/C15H15NO3.C2H6/c1-11-10-14(8-9-16-11)19-13-5-2-12(3-6-13)4-7-15(17)18;1-2/h2-3,5-6,8-10H,4,7H2,1H3,(H,17,18);1-2H3. The lowest BCUT2D eigenvalue weighted by Crippen LogP contribution is -1.97. The smallest absolute Gasteiger partial charge is 0.303 e. The first-order valence-corrected chi connectivity index (χ1v) is 7.05. The zero-order chi connectivity index (χ0) is 15.7. The SMILES string of the molecule is CC.Cc1cc(Oc2ccc(CCC(=O)O)cc2)ccn1. The first-order chi connectivity index (χ1) is 10.1. The van der Waals surface area contributed by atoms with Crippen LogP contribution in [0.1, 0.15) is 31.5 Å². The van der Waals surface area contributed by atoms with Crippen molar-refractivity contribution >= 4 is 5.97 Å². The average molecular weight is 287 g/mol. The predicted octanol–water partition coefficient (Wildman–Crippen LogP) is 4.23. The molecule has 1 aromatic carbocycles. The summed E-state index contributed by atoms with van der Waals surface area (Å²) >= 11 is 0. The molecule has 21 heavy (non-hydrogen) atoms. The van der Waals surface area contributed by atoms with Crippen LogP contribution in [-0.4, -0.2) is 16.1 Å². The van der Waals surface area contributed by atoms with Gasteiger partial charge < -0.3 is 9.84 Å². The lowest BCUT2D eigenvalue weighted by Gasteiger charge is -2.06. The summed E-state index contributed by atoms with van der Waals surface area (Å²) in [5.41, 5.74) is 1.89. The predicted molar refractivity (Wildman–Crippen MR) is 82.8 cm³/mol. The minimum absolute atomic E-state index is 0.143. The number of hydrogen-bond acceptors (Lipinski definition) is 3. The van der Waals surface area contributed by atoms with Crippen molar-refractivity contribution in [2.24, 2.45) is 0 Å². The Morgan fingerprint density at radius 1 is 1.14 bits per heavy atom. The van der Waals surface area contributed by atoms with E-state index in [9.17, 15) is 4.79 Å². The third kappa shape index (κ3) is 6.08. The molecule has 0 aliphatic rings. The van der Waals surface area contributed by atoms with E-state index in [0.29, 0.717) is 6.42 Å². The monoisotopic (exact) mass is 287 g/mol. The number of aromatic nitrogens is 1. The van der Waals surface area contributed by atoms with Crippen LogP contribution in [0.3, 0.4) is 0 Å². The maximum absolute atomic E-state index is 10.5. The van der Waals surface area contributed by atoms with Crippen molar-refractivity contribution in [3.63, 3.8) is 0 Å². The van der Waals surface area contributed by atoms with Gasteiger partial charge in [0.1, 0.15) is 11.5 Å². The molecule has 1 aromatic heterocycles. The molecule has 0 saturated carbocycles. The Kier molecular flexibility index (Phi) is 6.95. The Labute approximate surface area is 125 Å². The largest absolute Gasteiger partial charge is 0.481 e. The number of benzene rings is 1. The van der Waals surface area contributed by atoms with Gasteiger partial charge in [-0.3, -0.25) is 9.78 Å². The van der Waals surface area contributed by atoms with E-state index >= 15 is 0 Å². The summed E-state index contributed by atoms with van der Waals surface area (Å²) < 4.78 is 5.68. The quantitative estimate of drug-likeness (QED) is 0.894. The molecule has 0 bridgehead atoms. The van der Waals surface area contributed by atoms with Crippen LogP contribution in [0.25, 0.3) is 0 Å². The third-order valence-electron chi connectivity index (χ3n) is 2.65. The fourth-order valence-corrected chi connectivity index (χ4v) is 1.69. The van der Waals surface area contributed by atoms with Gasteiger partial charge in [-0.05, 0) is 37.1 Å². The van der Waals surface area contributed by atoms with E-state index in [1.54, 1.807) is 12.3 Å². The Morgan fingerprint density at radius 2 is 1.81 bits per heavy atom. The Morgan fingerprint density at radius 3 is 2.38 bits per heavy atom. The van der Waals surface area contributed by atoms with Crippen molar-refractivity contribution in [1.29, 1.82) is 0 Å². The van der Waals surface area contributed by atoms with Crippen LogP contribution < -0.4 is 4.74 Å². The van der Waals surface area contributed by atoms with Crippen molar-refractivity contribution < 1.29 is 14.6 Å². The number of hydrogen-bond donors (Lipinski definition) is 1. The molecule has 1 N–H and O–H groups in total. The Bertz CT molecular complexity index is 565. The van der Waals surface area contributed by atoms with Crippen molar-refractivity contribution in [3.8, 4) is 11.5 Å². The molecule has 0 spiro atoms. The number of carboxylic acid groups (broad SMARTS) is 1. The Hall–Kier alpha value is -2.36. The van der Waals surface area contributed by atoms with Gasteiger partial charge in [0.25, 0.3) is 0 Å². The lowest BCUT2D eigenvalue weighted by atomic mass is 10.1. The highest BCUT2D eigenvalue weighted by molar-refractivity contribution is 5.67. The van der Waals surface area contributed by atoms with Gasteiger partial charge in [-0.1, -0.05) is 26.0 Å². The van der Waals surface area contributed by atoms with Crippen LogP contribution >= 0.6 is 0 Å². The fourth-order valence-electron chi connectivity index (χ4n) is 1.69. The van der Waals surface area contributed by atoms with Crippen LogP contribution in [0.5, 0.6) is 11.5 Å². The molecule has 0 saturated heterocycles. The van der Waals surface area contributed by atoms with Crippen LogP contribution in [0.2, 0.25) is 0 Å². The van der Waals surface area contributed by atoms with Gasteiger partial charge in [0.2, 0.25) is 0 Å². The number of aliphatic carboxylic acids is 1. The number of pyridine rings is 1. The highest BCUT2D eigenvalue weighted by Crippen LogP contribution is 2.21. The van der Waals surface area contributed by atoms with Crippen LogP contribution in [0.4, 0.5) is 0 Å². The number of rotatable bonds is 5. The van der Waals surface area contributed by atoms with Crippen LogP contribution in [0.15, 0.2) is 42.6 Å². The second-order valence-corrected chi connectivity index (χ2v) is 4.27.